The third-order valence-corrected chi connectivity index (χ3v) is 4.35. The Balaban J connectivity index is 1.92. The van der Waals surface area contributed by atoms with Gasteiger partial charge in [-0.05, 0) is 26.2 Å². The lowest BCUT2D eigenvalue weighted by molar-refractivity contribution is -0.136. The molecule has 5 heteroatoms. The molecule has 104 valence electrons. The van der Waals surface area contributed by atoms with Gasteiger partial charge in [-0.3, -0.25) is 4.79 Å². The Morgan fingerprint density at radius 2 is 2.11 bits per heavy atom. The third-order valence-electron chi connectivity index (χ3n) is 4.35. The lowest BCUT2D eigenvalue weighted by Gasteiger charge is -2.36. The highest BCUT2D eigenvalue weighted by molar-refractivity contribution is 5.83. The molecule has 2 heterocycles. The summed E-state index contributed by atoms with van der Waals surface area (Å²) >= 11 is 0. The van der Waals surface area contributed by atoms with Crippen LogP contribution in [0.15, 0.2) is 0 Å². The van der Waals surface area contributed by atoms with Gasteiger partial charge in [-0.25, -0.2) is 0 Å². The average Bonchev–Trinajstić information content (AvgIpc) is 2.93. The summed E-state index contributed by atoms with van der Waals surface area (Å²) in [5, 5.41) is 3.13. The van der Waals surface area contributed by atoms with E-state index in [0.717, 1.165) is 32.5 Å². The van der Waals surface area contributed by atoms with Crippen LogP contribution in [0.5, 0.6) is 0 Å². The van der Waals surface area contributed by atoms with Gasteiger partial charge in [0.2, 0.25) is 5.91 Å². The molecule has 0 spiro atoms. The van der Waals surface area contributed by atoms with Gasteiger partial charge in [0.1, 0.15) is 0 Å². The average molecular weight is 256 g/mol. The van der Waals surface area contributed by atoms with Crippen molar-refractivity contribution in [3.63, 3.8) is 0 Å². The fourth-order valence-electron chi connectivity index (χ4n) is 2.71. The van der Waals surface area contributed by atoms with Gasteiger partial charge in [0.15, 0.2) is 0 Å². The summed E-state index contributed by atoms with van der Waals surface area (Å²) in [5.41, 5.74) is 5.40. The highest BCUT2D eigenvalue weighted by Crippen LogP contribution is 2.30. The highest BCUT2D eigenvalue weighted by atomic mass is 16.5. The smallest absolute Gasteiger partial charge is 0.227 e. The predicted octanol–water partition coefficient (Wildman–Crippen LogP) is 0.283. The number of carbonyl (C=O) groups is 1. The second kappa shape index (κ2) is 5.99. The number of carbonyl (C=O) groups excluding carboxylic acids is 1. The molecule has 2 unspecified atom stereocenters. The van der Waals surface area contributed by atoms with E-state index in [4.69, 9.17) is 15.2 Å². The first-order chi connectivity index (χ1) is 8.68. The Kier molecular flexibility index (Phi) is 4.59. The van der Waals surface area contributed by atoms with E-state index in [0.29, 0.717) is 25.7 Å². The normalized spacial score (nSPS) is 28.9. The zero-order valence-corrected chi connectivity index (χ0v) is 11.1. The molecule has 18 heavy (non-hydrogen) atoms. The summed E-state index contributed by atoms with van der Waals surface area (Å²) in [7, 11) is 0. The monoisotopic (exact) mass is 256 g/mol. The van der Waals surface area contributed by atoms with Crippen LogP contribution in [0, 0.1) is 11.3 Å². The molecular formula is C13H24N2O3. The quantitative estimate of drug-likeness (QED) is 0.758. The Labute approximate surface area is 108 Å². The zero-order valence-electron chi connectivity index (χ0n) is 11.1. The van der Waals surface area contributed by atoms with E-state index >= 15 is 0 Å². The van der Waals surface area contributed by atoms with Crippen molar-refractivity contribution in [3.8, 4) is 0 Å². The molecule has 5 nitrogen and oxygen atoms in total. The minimum Gasteiger partial charge on any atom is -0.381 e. The molecule has 3 N–H and O–H groups in total. The van der Waals surface area contributed by atoms with Gasteiger partial charge < -0.3 is 20.5 Å². The van der Waals surface area contributed by atoms with Gasteiger partial charge in [-0.15, -0.1) is 0 Å². The van der Waals surface area contributed by atoms with Crippen molar-refractivity contribution >= 4 is 5.91 Å². The molecule has 0 aliphatic carbocycles. The number of hydrogen-bond acceptors (Lipinski definition) is 4. The van der Waals surface area contributed by atoms with Crippen LogP contribution in [0.2, 0.25) is 0 Å². The second-order valence-electron chi connectivity index (χ2n) is 5.48. The molecule has 0 bridgehead atoms. The molecule has 0 aromatic rings. The van der Waals surface area contributed by atoms with Gasteiger partial charge in [-0.1, -0.05) is 0 Å². The maximum atomic E-state index is 12.4. The Hall–Kier alpha value is -0.650. The molecule has 2 rings (SSSR count). The predicted molar refractivity (Wildman–Crippen MR) is 68.1 cm³/mol. The van der Waals surface area contributed by atoms with Crippen molar-refractivity contribution in [2.75, 3.05) is 33.0 Å². The van der Waals surface area contributed by atoms with Crippen molar-refractivity contribution in [3.05, 3.63) is 0 Å². The number of nitrogens with two attached hydrogens (primary N) is 1. The fraction of sp³-hybridized carbons (Fsp3) is 0.923. The van der Waals surface area contributed by atoms with Gasteiger partial charge in [0, 0.05) is 38.3 Å². The third kappa shape index (κ3) is 2.84. The Morgan fingerprint density at radius 1 is 1.39 bits per heavy atom. The standard InChI is InChI=1S/C13H24N2O3/c1-10(11-2-5-18-8-11)15-12(16)13(9-14)3-6-17-7-4-13/h10-11H,2-9,14H2,1H3,(H,15,16). The van der Waals surface area contributed by atoms with Crippen LogP contribution in [0.1, 0.15) is 26.2 Å². The Morgan fingerprint density at radius 3 is 2.67 bits per heavy atom. The summed E-state index contributed by atoms with van der Waals surface area (Å²) < 4.78 is 10.7. The number of amides is 1. The van der Waals surface area contributed by atoms with E-state index in [1.54, 1.807) is 0 Å². The lowest BCUT2D eigenvalue weighted by atomic mass is 9.79. The lowest BCUT2D eigenvalue weighted by Crippen LogP contribution is -2.52. The molecule has 2 aliphatic rings. The van der Waals surface area contributed by atoms with Crippen LogP contribution in [-0.2, 0) is 14.3 Å². The summed E-state index contributed by atoms with van der Waals surface area (Å²) in [6.45, 7) is 5.27. The summed E-state index contributed by atoms with van der Waals surface area (Å²) in [6.07, 6.45) is 2.48. The topological polar surface area (TPSA) is 73.6 Å². The number of rotatable bonds is 4. The van der Waals surface area contributed by atoms with Crippen molar-refractivity contribution < 1.29 is 14.3 Å². The molecule has 0 aromatic heterocycles. The highest BCUT2D eigenvalue weighted by Gasteiger charge is 2.40. The molecule has 2 atom stereocenters. The molecule has 2 saturated heterocycles. The van der Waals surface area contributed by atoms with E-state index in [2.05, 4.69) is 12.2 Å². The number of ether oxygens (including phenoxy) is 2. The van der Waals surface area contributed by atoms with Crippen LogP contribution in [0.25, 0.3) is 0 Å². The largest absolute Gasteiger partial charge is 0.381 e. The SMILES string of the molecule is CC(NC(=O)C1(CN)CCOCC1)C1CCOC1. The molecule has 0 aromatic carbocycles. The van der Waals surface area contributed by atoms with E-state index in [9.17, 15) is 4.79 Å². The van der Waals surface area contributed by atoms with Crippen molar-refractivity contribution in [1.82, 2.24) is 5.32 Å². The first kappa shape index (κ1) is 13.8. The van der Waals surface area contributed by atoms with Crippen LogP contribution in [-0.4, -0.2) is 44.9 Å². The van der Waals surface area contributed by atoms with Gasteiger partial charge >= 0.3 is 0 Å². The van der Waals surface area contributed by atoms with Gasteiger partial charge in [0.05, 0.1) is 12.0 Å². The van der Waals surface area contributed by atoms with E-state index in [1.807, 2.05) is 0 Å². The van der Waals surface area contributed by atoms with Crippen LogP contribution < -0.4 is 11.1 Å². The fourth-order valence-corrected chi connectivity index (χ4v) is 2.71. The maximum Gasteiger partial charge on any atom is 0.227 e. The van der Waals surface area contributed by atoms with E-state index in [-0.39, 0.29) is 11.9 Å². The van der Waals surface area contributed by atoms with E-state index in [1.165, 1.54) is 0 Å². The van der Waals surface area contributed by atoms with Crippen molar-refractivity contribution in [2.24, 2.45) is 17.1 Å². The summed E-state index contributed by atoms with van der Waals surface area (Å²) in [4.78, 5) is 12.4. The van der Waals surface area contributed by atoms with Crippen molar-refractivity contribution in [2.45, 2.75) is 32.2 Å². The minimum absolute atomic E-state index is 0.0905. The van der Waals surface area contributed by atoms with Gasteiger partial charge in [0.25, 0.3) is 0 Å². The first-order valence-electron chi connectivity index (χ1n) is 6.84. The molecular weight excluding hydrogens is 232 g/mol. The first-order valence-corrected chi connectivity index (χ1v) is 6.84. The summed E-state index contributed by atoms with van der Waals surface area (Å²) in [5.74, 6) is 0.524. The van der Waals surface area contributed by atoms with Gasteiger partial charge in [-0.2, -0.15) is 0 Å². The zero-order chi connectivity index (χ0) is 13.0. The number of hydrogen-bond donors (Lipinski definition) is 2. The molecule has 1 amide bonds. The molecule has 2 fully saturated rings. The van der Waals surface area contributed by atoms with Crippen molar-refractivity contribution in [1.29, 1.82) is 0 Å². The minimum atomic E-state index is -0.425. The second-order valence-corrected chi connectivity index (χ2v) is 5.48. The van der Waals surface area contributed by atoms with Crippen LogP contribution in [0.4, 0.5) is 0 Å². The summed E-state index contributed by atoms with van der Waals surface area (Å²) in [6, 6.07) is 0.159. The molecule has 2 aliphatic heterocycles. The number of nitrogens with one attached hydrogen (secondary N) is 1. The Bertz CT molecular complexity index is 284. The maximum absolute atomic E-state index is 12.4. The van der Waals surface area contributed by atoms with Crippen LogP contribution in [0.3, 0.4) is 0 Å². The van der Waals surface area contributed by atoms with E-state index < -0.39 is 5.41 Å². The van der Waals surface area contributed by atoms with Crippen LogP contribution >= 0.6 is 0 Å². The molecule has 0 radical (unpaired) electrons. The molecule has 0 saturated carbocycles.